The van der Waals surface area contributed by atoms with E-state index >= 15 is 0 Å². The second kappa shape index (κ2) is 9.78. The monoisotopic (exact) mass is 195 g/mol. The van der Waals surface area contributed by atoms with Crippen molar-refractivity contribution in [2.75, 3.05) is 0 Å². The van der Waals surface area contributed by atoms with Crippen LogP contribution in [-0.4, -0.2) is 8.80 Å². The smallest absolute Gasteiger partial charge is 0.0558 e. The third-order valence-electron chi connectivity index (χ3n) is 2.25. The molecule has 0 nitrogen and oxygen atoms in total. The molecule has 0 bridgehead atoms. The molecule has 0 unspecified atom stereocenters. The van der Waals surface area contributed by atoms with Crippen molar-refractivity contribution < 1.29 is 0 Å². The van der Waals surface area contributed by atoms with Gasteiger partial charge in [-0.15, -0.1) is 13.2 Å². The van der Waals surface area contributed by atoms with Crippen molar-refractivity contribution >= 4 is 8.80 Å². The molecule has 1 radical (unpaired) electrons. The fourth-order valence-corrected chi connectivity index (χ4v) is 3.64. The van der Waals surface area contributed by atoms with Gasteiger partial charge in [-0.3, -0.25) is 0 Å². The lowest BCUT2D eigenvalue weighted by atomic mass is 10.2. The van der Waals surface area contributed by atoms with Crippen LogP contribution in [0, 0.1) is 0 Å². The molecule has 0 N–H and O–H groups in total. The first-order chi connectivity index (χ1) is 6.35. The van der Waals surface area contributed by atoms with Crippen molar-refractivity contribution in [3.63, 3.8) is 0 Å². The van der Waals surface area contributed by atoms with Gasteiger partial charge in [-0.1, -0.05) is 50.8 Å². The second-order valence-electron chi connectivity index (χ2n) is 3.55. The molecule has 0 spiro atoms. The Bertz CT molecular complexity index is 119. The summed E-state index contributed by atoms with van der Waals surface area (Å²) in [5, 5.41) is 0. The number of hydrogen-bond acceptors (Lipinski definition) is 0. The van der Waals surface area contributed by atoms with Crippen molar-refractivity contribution in [1.29, 1.82) is 0 Å². The molecule has 13 heavy (non-hydrogen) atoms. The van der Waals surface area contributed by atoms with Crippen LogP contribution in [-0.2, 0) is 0 Å². The molecule has 0 amide bonds. The summed E-state index contributed by atoms with van der Waals surface area (Å²) in [6.07, 6.45) is 9.74. The number of rotatable bonds is 9. The van der Waals surface area contributed by atoms with Gasteiger partial charge in [0.25, 0.3) is 0 Å². The molecular formula is C12H23Si. The van der Waals surface area contributed by atoms with Crippen LogP contribution in [0.3, 0.4) is 0 Å². The van der Waals surface area contributed by atoms with Crippen molar-refractivity contribution in [2.45, 2.75) is 50.7 Å². The first kappa shape index (κ1) is 12.7. The van der Waals surface area contributed by atoms with E-state index in [-0.39, 0.29) is 8.80 Å². The van der Waals surface area contributed by atoms with E-state index in [1.54, 1.807) is 0 Å². The molecule has 0 rings (SSSR count). The zero-order chi connectivity index (χ0) is 9.94. The molecular weight excluding hydrogens is 172 g/mol. The van der Waals surface area contributed by atoms with Crippen molar-refractivity contribution in [1.82, 2.24) is 0 Å². The minimum atomic E-state index is -0.163. The van der Waals surface area contributed by atoms with Gasteiger partial charge in [-0.25, -0.2) is 0 Å². The predicted octanol–water partition coefficient (Wildman–Crippen LogP) is 4.43. The Morgan fingerprint density at radius 2 is 1.62 bits per heavy atom. The van der Waals surface area contributed by atoms with Crippen LogP contribution >= 0.6 is 0 Å². The van der Waals surface area contributed by atoms with E-state index in [9.17, 15) is 0 Å². The lowest BCUT2D eigenvalue weighted by Gasteiger charge is -2.09. The van der Waals surface area contributed by atoms with Crippen LogP contribution in [0.2, 0.25) is 18.1 Å². The van der Waals surface area contributed by atoms with Gasteiger partial charge in [0, 0.05) is 0 Å². The van der Waals surface area contributed by atoms with E-state index in [4.69, 9.17) is 0 Å². The Balaban J connectivity index is 3.43. The van der Waals surface area contributed by atoms with E-state index in [1.807, 2.05) is 0 Å². The highest BCUT2D eigenvalue weighted by Gasteiger charge is 2.05. The first-order valence-electron chi connectivity index (χ1n) is 5.40. The fourth-order valence-electron chi connectivity index (χ4n) is 1.50. The van der Waals surface area contributed by atoms with E-state index in [0.717, 1.165) is 0 Å². The molecule has 0 aromatic heterocycles. The Kier molecular flexibility index (Phi) is 9.55. The van der Waals surface area contributed by atoms with E-state index in [0.29, 0.717) is 0 Å². The summed E-state index contributed by atoms with van der Waals surface area (Å²) in [6, 6.07) is 3.95. The number of unbranched alkanes of at least 4 members (excludes halogenated alkanes) is 3. The largest absolute Gasteiger partial charge is 0.103 e. The van der Waals surface area contributed by atoms with Gasteiger partial charge in [0.05, 0.1) is 8.80 Å². The minimum Gasteiger partial charge on any atom is -0.103 e. The van der Waals surface area contributed by atoms with E-state index in [1.165, 1.54) is 43.8 Å². The molecule has 0 aliphatic heterocycles. The summed E-state index contributed by atoms with van der Waals surface area (Å²) in [5.41, 5.74) is 0. The topological polar surface area (TPSA) is 0 Å². The third kappa shape index (κ3) is 8.04. The molecule has 75 valence electrons. The van der Waals surface area contributed by atoms with Crippen LogP contribution in [0.4, 0.5) is 0 Å². The summed E-state index contributed by atoms with van der Waals surface area (Å²) in [7, 11) is -0.163. The maximum absolute atomic E-state index is 3.82. The van der Waals surface area contributed by atoms with Crippen LogP contribution < -0.4 is 0 Å². The van der Waals surface area contributed by atoms with Gasteiger partial charge < -0.3 is 0 Å². The van der Waals surface area contributed by atoms with Gasteiger partial charge in [0.15, 0.2) is 0 Å². The van der Waals surface area contributed by atoms with Gasteiger partial charge in [-0.2, -0.15) is 0 Å². The van der Waals surface area contributed by atoms with Crippen molar-refractivity contribution in [2.24, 2.45) is 0 Å². The molecule has 0 aromatic carbocycles. The van der Waals surface area contributed by atoms with Gasteiger partial charge in [0.2, 0.25) is 0 Å². The summed E-state index contributed by atoms with van der Waals surface area (Å²) in [4.78, 5) is 0. The zero-order valence-corrected chi connectivity index (χ0v) is 10.0. The molecule has 0 saturated carbocycles. The Morgan fingerprint density at radius 3 is 2.08 bits per heavy atom. The summed E-state index contributed by atoms with van der Waals surface area (Å²) >= 11 is 0. The summed E-state index contributed by atoms with van der Waals surface area (Å²) in [6.45, 7) is 9.90. The fraction of sp³-hybridized carbons (Fsp3) is 0.667. The number of allylic oxidation sites excluding steroid dienone is 2. The number of hydrogen-bond donors (Lipinski definition) is 0. The highest BCUT2D eigenvalue weighted by molar-refractivity contribution is 6.59. The maximum atomic E-state index is 3.82. The van der Waals surface area contributed by atoms with Crippen LogP contribution in [0.15, 0.2) is 25.3 Å². The molecule has 0 saturated heterocycles. The maximum Gasteiger partial charge on any atom is 0.0558 e. The Labute approximate surface area is 85.4 Å². The molecule has 0 aliphatic rings. The van der Waals surface area contributed by atoms with Gasteiger partial charge in [-0.05, 0) is 12.1 Å². The highest BCUT2D eigenvalue weighted by atomic mass is 28.3. The van der Waals surface area contributed by atoms with E-state index in [2.05, 4.69) is 32.2 Å². The minimum absolute atomic E-state index is 0.163. The van der Waals surface area contributed by atoms with Gasteiger partial charge >= 0.3 is 0 Å². The van der Waals surface area contributed by atoms with Crippen LogP contribution in [0.5, 0.6) is 0 Å². The van der Waals surface area contributed by atoms with Gasteiger partial charge in [0.1, 0.15) is 0 Å². The quantitative estimate of drug-likeness (QED) is 0.290. The molecule has 0 atom stereocenters. The summed E-state index contributed by atoms with van der Waals surface area (Å²) in [5.74, 6) is 0. The molecule has 0 fully saturated rings. The zero-order valence-electron chi connectivity index (χ0n) is 9.02. The van der Waals surface area contributed by atoms with Crippen LogP contribution in [0.1, 0.15) is 32.6 Å². The lowest BCUT2D eigenvalue weighted by molar-refractivity contribution is 0.698. The average molecular weight is 195 g/mol. The first-order valence-corrected chi connectivity index (χ1v) is 7.52. The lowest BCUT2D eigenvalue weighted by Crippen LogP contribution is -2.08. The Hall–Kier alpha value is -0.303. The standard InChI is InChI=1S/C12H23Si/c1-4-7-8-9-12-13(10-5-2)11-6-3/h5-6H,2-4,7-12H2,1H3. The second-order valence-corrected chi connectivity index (χ2v) is 6.36. The van der Waals surface area contributed by atoms with Crippen molar-refractivity contribution in [3.05, 3.63) is 25.3 Å². The SMILES string of the molecule is C=CC[Si](CC=C)CCCCCC. The van der Waals surface area contributed by atoms with Crippen molar-refractivity contribution in [3.8, 4) is 0 Å². The summed E-state index contributed by atoms with van der Waals surface area (Å²) < 4.78 is 0. The third-order valence-corrected chi connectivity index (χ3v) is 5.04. The molecule has 0 heterocycles. The molecule has 1 heteroatoms. The van der Waals surface area contributed by atoms with Crippen LogP contribution in [0.25, 0.3) is 0 Å². The predicted molar refractivity (Wildman–Crippen MR) is 64.7 cm³/mol. The Morgan fingerprint density at radius 1 is 1.00 bits per heavy atom. The highest BCUT2D eigenvalue weighted by Crippen LogP contribution is 2.12. The van der Waals surface area contributed by atoms with E-state index < -0.39 is 0 Å². The normalized spacial score (nSPS) is 10.3. The average Bonchev–Trinajstić information content (AvgIpc) is 2.13. The molecule has 0 aliphatic carbocycles. The molecule has 0 aromatic rings.